The lowest BCUT2D eigenvalue weighted by Gasteiger charge is -2.32. The molecule has 0 aromatic heterocycles. The molecule has 0 bridgehead atoms. The van der Waals surface area contributed by atoms with Crippen LogP contribution in [0.1, 0.15) is 19.3 Å². The zero-order valence-electron chi connectivity index (χ0n) is 11.6. The van der Waals surface area contributed by atoms with Crippen LogP contribution >= 0.6 is 0 Å². The van der Waals surface area contributed by atoms with Crippen LogP contribution in [0, 0.1) is 5.92 Å². The Labute approximate surface area is 110 Å². The van der Waals surface area contributed by atoms with Gasteiger partial charge in [0.2, 0.25) is 0 Å². The van der Waals surface area contributed by atoms with Crippen molar-refractivity contribution in [2.24, 2.45) is 5.92 Å². The second-order valence-corrected chi connectivity index (χ2v) is 5.62. The molecule has 0 aromatic carbocycles. The molecule has 2 rings (SSSR count). The van der Waals surface area contributed by atoms with Gasteiger partial charge >= 0.3 is 6.03 Å². The highest BCUT2D eigenvalue weighted by Crippen LogP contribution is 2.22. The van der Waals surface area contributed by atoms with Crippen LogP contribution < -0.4 is 10.6 Å². The molecule has 2 amide bonds. The lowest BCUT2D eigenvalue weighted by Crippen LogP contribution is -2.43. The van der Waals surface area contributed by atoms with Crippen molar-refractivity contribution in [3.8, 4) is 0 Å². The second kappa shape index (κ2) is 6.38. The van der Waals surface area contributed by atoms with E-state index in [2.05, 4.69) is 22.6 Å². The molecule has 18 heavy (non-hydrogen) atoms. The fourth-order valence-electron chi connectivity index (χ4n) is 3.06. The van der Waals surface area contributed by atoms with Gasteiger partial charge in [0.1, 0.15) is 0 Å². The van der Waals surface area contributed by atoms with E-state index in [0.717, 1.165) is 32.6 Å². The molecule has 2 saturated heterocycles. The zero-order valence-corrected chi connectivity index (χ0v) is 11.6. The average molecular weight is 254 g/mol. The van der Waals surface area contributed by atoms with Crippen LogP contribution in [0.4, 0.5) is 4.79 Å². The fraction of sp³-hybridized carbons (Fsp3) is 0.923. The predicted molar refractivity (Wildman–Crippen MR) is 72.7 cm³/mol. The molecule has 2 aliphatic rings. The van der Waals surface area contributed by atoms with Crippen molar-refractivity contribution < 1.29 is 4.79 Å². The molecular weight excluding hydrogens is 228 g/mol. The van der Waals surface area contributed by atoms with Gasteiger partial charge in [-0.1, -0.05) is 0 Å². The van der Waals surface area contributed by atoms with E-state index < -0.39 is 0 Å². The van der Waals surface area contributed by atoms with Gasteiger partial charge in [-0.2, -0.15) is 0 Å². The molecule has 0 aliphatic carbocycles. The summed E-state index contributed by atoms with van der Waals surface area (Å²) < 4.78 is 0. The smallest absolute Gasteiger partial charge is 0.317 e. The highest BCUT2D eigenvalue weighted by atomic mass is 16.2. The summed E-state index contributed by atoms with van der Waals surface area (Å²) in [4.78, 5) is 16.2. The van der Waals surface area contributed by atoms with E-state index in [4.69, 9.17) is 0 Å². The Kier molecular flexibility index (Phi) is 4.83. The Hall–Kier alpha value is -0.810. The van der Waals surface area contributed by atoms with Gasteiger partial charge in [0, 0.05) is 19.6 Å². The van der Waals surface area contributed by atoms with E-state index in [9.17, 15) is 4.79 Å². The summed E-state index contributed by atoms with van der Waals surface area (Å²) in [5.41, 5.74) is 0. The lowest BCUT2D eigenvalue weighted by atomic mass is 9.91. The van der Waals surface area contributed by atoms with E-state index in [1.165, 1.54) is 19.4 Å². The minimum atomic E-state index is 0.129. The Morgan fingerprint density at radius 1 is 1.44 bits per heavy atom. The van der Waals surface area contributed by atoms with Crippen LogP contribution in [0.25, 0.3) is 0 Å². The second-order valence-electron chi connectivity index (χ2n) is 5.62. The number of amides is 2. The summed E-state index contributed by atoms with van der Waals surface area (Å²) in [6, 6.07) is 0.485. The van der Waals surface area contributed by atoms with Crippen molar-refractivity contribution in [3.63, 3.8) is 0 Å². The van der Waals surface area contributed by atoms with Gasteiger partial charge in [-0.3, -0.25) is 0 Å². The number of hydrogen-bond acceptors (Lipinski definition) is 3. The summed E-state index contributed by atoms with van der Waals surface area (Å²) >= 11 is 0. The van der Waals surface area contributed by atoms with Crippen LogP contribution in [0.2, 0.25) is 0 Å². The number of nitrogens with zero attached hydrogens (tertiary/aromatic N) is 2. The summed E-state index contributed by atoms with van der Waals surface area (Å²) in [7, 11) is 4.12. The van der Waals surface area contributed by atoms with Gasteiger partial charge in [0.15, 0.2) is 0 Å². The Morgan fingerprint density at radius 2 is 2.28 bits per heavy atom. The van der Waals surface area contributed by atoms with E-state index >= 15 is 0 Å². The van der Waals surface area contributed by atoms with Crippen molar-refractivity contribution in [2.45, 2.75) is 25.3 Å². The third kappa shape index (κ3) is 3.36. The molecule has 2 N–H and O–H groups in total. The largest absolute Gasteiger partial charge is 0.333 e. The normalized spacial score (nSPS) is 29.7. The van der Waals surface area contributed by atoms with Crippen LogP contribution in [0.5, 0.6) is 0 Å². The van der Waals surface area contributed by atoms with Gasteiger partial charge < -0.3 is 20.4 Å². The number of urea groups is 1. The molecular formula is C13H26N4O. The molecule has 2 unspecified atom stereocenters. The Morgan fingerprint density at radius 3 is 3.00 bits per heavy atom. The van der Waals surface area contributed by atoms with Crippen molar-refractivity contribution in [1.82, 2.24) is 20.4 Å². The number of hydrogen-bond donors (Lipinski definition) is 2. The summed E-state index contributed by atoms with van der Waals surface area (Å²) in [5.74, 6) is 0.627. The minimum absolute atomic E-state index is 0.129. The molecule has 0 aromatic rings. The highest BCUT2D eigenvalue weighted by molar-refractivity contribution is 5.76. The SMILES string of the molecule is CNCCCN1CC(C2CCCN(C)C2)NC1=O. The fourth-order valence-corrected chi connectivity index (χ4v) is 3.06. The highest BCUT2D eigenvalue weighted by Gasteiger charge is 2.35. The molecule has 5 heteroatoms. The topological polar surface area (TPSA) is 47.6 Å². The number of nitrogens with one attached hydrogen (secondary N) is 2. The molecule has 0 spiro atoms. The van der Waals surface area contributed by atoms with Gasteiger partial charge in [0.25, 0.3) is 0 Å². The molecule has 5 nitrogen and oxygen atoms in total. The first-order valence-corrected chi connectivity index (χ1v) is 7.09. The van der Waals surface area contributed by atoms with Crippen LogP contribution in [-0.4, -0.2) is 68.7 Å². The van der Waals surface area contributed by atoms with Gasteiger partial charge in [-0.05, 0) is 52.4 Å². The van der Waals surface area contributed by atoms with Gasteiger partial charge in [-0.25, -0.2) is 4.79 Å². The monoisotopic (exact) mass is 254 g/mol. The van der Waals surface area contributed by atoms with E-state index in [0.29, 0.717) is 12.0 Å². The maximum atomic E-state index is 11.9. The molecule has 2 atom stereocenters. The van der Waals surface area contributed by atoms with Crippen molar-refractivity contribution in [1.29, 1.82) is 0 Å². The number of piperidine rings is 1. The summed E-state index contributed by atoms with van der Waals surface area (Å²) in [5, 5.41) is 6.28. The Bertz CT molecular complexity index is 284. The molecule has 0 saturated carbocycles. The molecule has 0 radical (unpaired) electrons. The third-order valence-corrected chi connectivity index (χ3v) is 4.10. The van der Waals surface area contributed by atoms with E-state index in [1.807, 2.05) is 11.9 Å². The summed E-state index contributed by atoms with van der Waals surface area (Å²) in [6.45, 7) is 5.05. The van der Waals surface area contributed by atoms with Crippen molar-refractivity contribution >= 4 is 6.03 Å². The average Bonchev–Trinajstić information content (AvgIpc) is 2.72. The van der Waals surface area contributed by atoms with Crippen molar-refractivity contribution in [2.75, 3.05) is 46.8 Å². The first-order chi connectivity index (χ1) is 8.70. The lowest BCUT2D eigenvalue weighted by molar-refractivity contribution is 0.180. The van der Waals surface area contributed by atoms with E-state index in [1.54, 1.807) is 0 Å². The Balaban J connectivity index is 1.80. The van der Waals surface area contributed by atoms with Gasteiger partial charge in [0.05, 0.1) is 6.04 Å². The number of rotatable bonds is 5. The standard InChI is InChI=1S/C13H26N4O/c1-14-6-4-8-17-10-12(15-13(17)18)11-5-3-7-16(2)9-11/h11-12,14H,3-10H2,1-2H3,(H,15,18). The molecule has 2 aliphatic heterocycles. The van der Waals surface area contributed by atoms with E-state index in [-0.39, 0.29) is 6.03 Å². The van der Waals surface area contributed by atoms with Crippen molar-refractivity contribution in [3.05, 3.63) is 0 Å². The maximum absolute atomic E-state index is 11.9. The first-order valence-electron chi connectivity index (χ1n) is 7.09. The van der Waals surface area contributed by atoms with Crippen LogP contribution in [0.3, 0.4) is 0 Å². The minimum Gasteiger partial charge on any atom is -0.333 e. The predicted octanol–water partition coefficient (Wildman–Crippen LogP) is 0.332. The number of carbonyl (C=O) groups excluding carboxylic acids is 1. The van der Waals surface area contributed by atoms with Crippen LogP contribution in [0.15, 0.2) is 0 Å². The molecule has 2 heterocycles. The maximum Gasteiger partial charge on any atom is 0.317 e. The first kappa shape index (κ1) is 13.6. The van der Waals surface area contributed by atoms with Crippen LogP contribution in [-0.2, 0) is 0 Å². The number of carbonyl (C=O) groups is 1. The quantitative estimate of drug-likeness (QED) is 0.695. The molecule has 2 fully saturated rings. The molecule has 104 valence electrons. The van der Waals surface area contributed by atoms with Gasteiger partial charge in [-0.15, -0.1) is 0 Å². The third-order valence-electron chi connectivity index (χ3n) is 4.10. The zero-order chi connectivity index (χ0) is 13.0. The summed E-state index contributed by atoms with van der Waals surface area (Å²) in [6.07, 6.45) is 3.54. The number of likely N-dealkylation sites (tertiary alicyclic amines) is 1.